The van der Waals surface area contributed by atoms with Crippen molar-refractivity contribution in [2.45, 2.75) is 13.3 Å². The summed E-state index contributed by atoms with van der Waals surface area (Å²) in [6.07, 6.45) is 9.15. The normalized spacial score (nSPS) is 10.0. The molecule has 0 aliphatic carbocycles. The zero-order valence-electron chi connectivity index (χ0n) is 12.6. The lowest BCUT2D eigenvalue weighted by molar-refractivity contribution is 0.297. The highest BCUT2D eigenvalue weighted by Gasteiger charge is 2.12. The Bertz CT molecular complexity index is 611. The molecule has 0 aliphatic heterocycles. The molecule has 1 rings (SSSR count). The molecule has 6 heteroatoms. The monoisotopic (exact) mass is 300 g/mol. The molecule has 6 nitrogen and oxygen atoms in total. The number of allylic oxidation sites excluding steroid dienone is 1. The zero-order chi connectivity index (χ0) is 16.4. The third-order valence-corrected chi connectivity index (χ3v) is 2.50. The number of ether oxygens (including phenoxy) is 2. The third-order valence-electron chi connectivity index (χ3n) is 2.50. The van der Waals surface area contributed by atoms with Gasteiger partial charge in [0.1, 0.15) is 6.61 Å². The summed E-state index contributed by atoms with van der Waals surface area (Å²) in [4.78, 5) is 0. The van der Waals surface area contributed by atoms with Gasteiger partial charge in [-0.2, -0.15) is 5.10 Å². The van der Waals surface area contributed by atoms with Crippen LogP contribution in [0.25, 0.3) is 0 Å². The molecule has 0 unspecified atom stereocenters. The summed E-state index contributed by atoms with van der Waals surface area (Å²) in [5.41, 5.74) is 12.1. The van der Waals surface area contributed by atoms with E-state index in [1.54, 1.807) is 12.1 Å². The average molecular weight is 300 g/mol. The molecule has 0 amide bonds. The zero-order valence-corrected chi connectivity index (χ0v) is 12.6. The molecule has 4 N–H and O–H groups in total. The first kappa shape index (κ1) is 17.1. The lowest BCUT2D eigenvalue weighted by Crippen LogP contribution is -2.21. The van der Waals surface area contributed by atoms with Crippen molar-refractivity contribution in [3.05, 3.63) is 35.9 Å². The molecule has 0 fully saturated rings. The Morgan fingerprint density at radius 3 is 2.77 bits per heavy atom. The molecule has 0 saturated heterocycles. The second-order valence-electron chi connectivity index (χ2n) is 4.20. The molecule has 22 heavy (non-hydrogen) atoms. The Balaban J connectivity index is 3.26. The Kier molecular flexibility index (Phi) is 7.06. The topological polar surface area (TPSA) is 95.2 Å². The van der Waals surface area contributed by atoms with Crippen molar-refractivity contribution in [2.24, 2.45) is 21.7 Å². The fourth-order valence-electron chi connectivity index (χ4n) is 1.77. The quantitative estimate of drug-likeness (QED) is 0.250. The van der Waals surface area contributed by atoms with Crippen LogP contribution in [0, 0.1) is 12.3 Å². The van der Waals surface area contributed by atoms with Crippen molar-refractivity contribution in [2.75, 3.05) is 13.2 Å². The van der Waals surface area contributed by atoms with Gasteiger partial charge < -0.3 is 20.9 Å². The minimum absolute atomic E-state index is 0.110. The second-order valence-corrected chi connectivity index (χ2v) is 4.20. The molecule has 1 aromatic rings. The maximum atomic E-state index is 5.61. The summed E-state index contributed by atoms with van der Waals surface area (Å²) in [5.74, 6) is 3.53. The number of nitrogens with zero attached hydrogens (tertiary/aromatic N) is 2. The average Bonchev–Trinajstić information content (AvgIpc) is 2.47. The van der Waals surface area contributed by atoms with Gasteiger partial charge in [0.05, 0.1) is 12.8 Å². The summed E-state index contributed by atoms with van der Waals surface area (Å²) in [7, 11) is 0. The summed E-state index contributed by atoms with van der Waals surface area (Å²) in [6.45, 7) is 6.28. The molecule has 0 bridgehead atoms. The smallest absolute Gasteiger partial charge is 0.211 e. The van der Waals surface area contributed by atoms with Crippen LogP contribution in [0.3, 0.4) is 0 Å². The van der Waals surface area contributed by atoms with Gasteiger partial charge in [0.2, 0.25) is 5.96 Å². The number of rotatable bonds is 8. The van der Waals surface area contributed by atoms with E-state index in [1.807, 2.05) is 13.0 Å². The second kappa shape index (κ2) is 9.08. The van der Waals surface area contributed by atoms with E-state index in [9.17, 15) is 0 Å². The molecule has 0 aliphatic rings. The standard InChI is InChI=1S/C16H20N4O2/c1-4-7-13-9-12(11-19-20-16(17)18)10-14(21-6-3)15(13)22-8-5-2/h2,4,9-11H,1,6-8H2,3H3,(H4,17,18,20). The predicted octanol–water partition coefficient (Wildman–Crippen LogP) is 1.43. The third kappa shape index (κ3) is 5.21. The van der Waals surface area contributed by atoms with E-state index in [0.29, 0.717) is 24.5 Å². The van der Waals surface area contributed by atoms with Crippen molar-refractivity contribution in [3.63, 3.8) is 0 Å². The van der Waals surface area contributed by atoms with Crippen LogP contribution in [0.4, 0.5) is 0 Å². The fourth-order valence-corrected chi connectivity index (χ4v) is 1.77. The number of hydrogen-bond acceptors (Lipinski definition) is 4. The summed E-state index contributed by atoms with van der Waals surface area (Å²) >= 11 is 0. The molecule has 0 atom stereocenters. The Labute approximate surface area is 130 Å². The van der Waals surface area contributed by atoms with E-state index < -0.39 is 0 Å². The molecule has 0 heterocycles. The van der Waals surface area contributed by atoms with Crippen LogP contribution in [0.5, 0.6) is 11.5 Å². The van der Waals surface area contributed by atoms with Gasteiger partial charge in [0.25, 0.3) is 0 Å². The number of terminal acetylenes is 1. The van der Waals surface area contributed by atoms with Crippen LogP contribution in [-0.4, -0.2) is 25.4 Å². The van der Waals surface area contributed by atoms with E-state index in [-0.39, 0.29) is 12.6 Å². The minimum atomic E-state index is -0.110. The Hall–Kier alpha value is -2.94. The van der Waals surface area contributed by atoms with Crippen molar-refractivity contribution in [1.29, 1.82) is 0 Å². The molecular weight excluding hydrogens is 280 g/mol. The van der Waals surface area contributed by atoms with Crippen LogP contribution in [0.2, 0.25) is 0 Å². The summed E-state index contributed by atoms with van der Waals surface area (Å²) in [6, 6.07) is 3.68. The van der Waals surface area contributed by atoms with E-state index in [1.165, 1.54) is 6.21 Å². The van der Waals surface area contributed by atoms with Crippen molar-refractivity contribution in [3.8, 4) is 23.8 Å². The predicted molar refractivity (Wildman–Crippen MR) is 89.2 cm³/mol. The highest BCUT2D eigenvalue weighted by molar-refractivity contribution is 5.83. The van der Waals surface area contributed by atoms with Crippen molar-refractivity contribution < 1.29 is 9.47 Å². The van der Waals surface area contributed by atoms with Gasteiger partial charge in [-0.1, -0.05) is 12.0 Å². The van der Waals surface area contributed by atoms with Crippen molar-refractivity contribution in [1.82, 2.24) is 0 Å². The molecule has 1 aromatic carbocycles. The number of benzene rings is 1. The van der Waals surface area contributed by atoms with Crippen LogP contribution in [0.15, 0.2) is 35.0 Å². The van der Waals surface area contributed by atoms with Gasteiger partial charge in [-0.25, -0.2) is 0 Å². The van der Waals surface area contributed by atoms with Gasteiger partial charge >= 0.3 is 0 Å². The molecule has 0 spiro atoms. The van der Waals surface area contributed by atoms with Gasteiger partial charge in [0, 0.05) is 5.56 Å². The van der Waals surface area contributed by atoms with Crippen LogP contribution in [-0.2, 0) is 6.42 Å². The largest absolute Gasteiger partial charge is 0.490 e. The highest BCUT2D eigenvalue weighted by Crippen LogP contribution is 2.33. The van der Waals surface area contributed by atoms with Gasteiger partial charge in [-0.05, 0) is 31.0 Å². The number of hydrogen-bond donors (Lipinski definition) is 2. The first-order valence-corrected chi connectivity index (χ1v) is 6.71. The van der Waals surface area contributed by atoms with Crippen LogP contribution >= 0.6 is 0 Å². The molecule has 0 radical (unpaired) electrons. The highest BCUT2D eigenvalue weighted by atomic mass is 16.5. The fraction of sp³-hybridized carbons (Fsp3) is 0.250. The maximum absolute atomic E-state index is 5.61. The lowest BCUT2D eigenvalue weighted by atomic mass is 10.1. The minimum Gasteiger partial charge on any atom is -0.490 e. The van der Waals surface area contributed by atoms with Gasteiger partial charge in [0.15, 0.2) is 11.5 Å². The van der Waals surface area contributed by atoms with E-state index in [2.05, 4.69) is 22.7 Å². The lowest BCUT2D eigenvalue weighted by Gasteiger charge is -2.15. The summed E-state index contributed by atoms with van der Waals surface area (Å²) < 4.78 is 11.2. The Morgan fingerprint density at radius 2 is 2.18 bits per heavy atom. The van der Waals surface area contributed by atoms with Crippen LogP contribution < -0.4 is 20.9 Å². The van der Waals surface area contributed by atoms with Gasteiger partial charge in [-0.3, -0.25) is 0 Å². The maximum Gasteiger partial charge on any atom is 0.211 e. The SMILES string of the molecule is C#CCOc1c(CC=C)cc(C=NN=C(N)N)cc1OCC. The van der Waals surface area contributed by atoms with Crippen LogP contribution in [0.1, 0.15) is 18.1 Å². The molecular formula is C16H20N4O2. The molecule has 116 valence electrons. The number of nitrogens with two attached hydrogens (primary N) is 2. The Morgan fingerprint density at radius 1 is 1.41 bits per heavy atom. The van der Waals surface area contributed by atoms with Crippen molar-refractivity contribution >= 4 is 12.2 Å². The van der Waals surface area contributed by atoms with E-state index in [0.717, 1.165) is 11.1 Å². The van der Waals surface area contributed by atoms with E-state index in [4.69, 9.17) is 27.4 Å². The van der Waals surface area contributed by atoms with Gasteiger partial charge in [-0.15, -0.1) is 18.1 Å². The number of guanidine groups is 1. The van der Waals surface area contributed by atoms with E-state index >= 15 is 0 Å². The molecule has 0 aromatic heterocycles. The first-order valence-electron chi connectivity index (χ1n) is 6.71. The molecule has 0 saturated carbocycles. The summed E-state index contributed by atoms with van der Waals surface area (Å²) in [5, 5.41) is 7.36. The first-order chi connectivity index (χ1) is 10.6.